The van der Waals surface area contributed by atoms with Crippen molar-refractivity contribution in [3.63, 3.8) is 0 Å². The van der Waals surface area contributed by atoms with Crippen LogP contribution in [0, 0.1) is 0 Å². The molecule has 0 aliphatic rings. The Bertz CT molecular complexity index is 774. The summed E-state index contributed by atoms with van der Waals surface area (Å²) in [4.78, 5) is 24.2. The summed E-state index contributed by atoms with van der Waals surface area (Å²) in [5.41, 5.74) is 0.646. The zero-order chi connectivity index (χ0) is 18.9. The van der Waals surface area contributed by atoms with Gasteiger partial charge in [-0.1, -0.05) is 6.07 Å². The zero-order valence-electron chi connectivity index (χ0n) is 14.5. The molecule has 138 valence electrons. The van der Waals surface area contributed by atoms with Gasteiger partial charge in [0.25, 0.3) is 0 Å². The number of carbonyl (C=O) groups excluding carboxylic acids is 2. The van der Waals surface area contributed by atoms with Crippen molar-refractivity contribution in [2.75, 3.05) is 26.9 Å². The summed E-state index contributed by atoms with van der Waals surface area (Å²) in [6.45, 7) is 2.87. The Morgan fingerprint density at radius 1 is 1.00 bits per heavy atom. The molecule has 0 aliphatic heterocycles. The largest absolute Gasteiger partial charge is 0.493 e. The van der Waals surface area contributed by atoms with Crippen molar-refractivity contribution in [2.45, 2.75) is 6.92 Å². The molecule has 0 aromatic heterocycles. The molecule has 0 fully saturated rings. The molecule has 0 aliphatic carbocycles. The second kappa shape index (κ2) is 9.94. The number of halogens is 1. The van der Waals surface area contributed by atoms with Gasteiger partial charge in [-0.15, -0.1) is 0 Å². The first kappa shape index (κ1) is 19.9. The smallest absolute Gasteiger partial charge is 0.343 e. The average Bonchev–Trinajstić information content (AvgIpc) is 2.64. The number of hydrogen-bond donors (Lipinski definition) is 0. The SMILES string of the molecule is CCOc1ccc(C(=O)Oc2cccc(C(=O)OCCOC)c2)cc1Br. The molecule has 0 spiro atoms. The molecule has 7 heteroatoms. The maximum Gasteiger partial charge on any atom is 0.343 e. The molecular weight excluding hydrogens is 404 g/mol. The molecule has 0 bridgehead atoms. The van der Waals surface area contributed by atoms with Gasteiger partial charge in [0.2, 0.25) is 0 Å². The second-order valence-electron chi connectivity index (χ2n) is 5.12. The van der Waals surface area contributed by atoms with E-state index in [9.17, 15) is 9.59 Å². The molecule has 0 saturated heterocycles. The van der Waals surface area contributed by atoms with Crippen LogP contribution in [-0.2, 0) is 9.47 Å². The summed E-state index contributed by atoms with van der Waals surface area (Å²) in [5, 5.41) is 0. The topological polar surface area (TPSA) is 71.1 Å². The normalized spacial score (nSPS) is 10.3. The lowest BCUT2D eigenvalue weighted by Crippen LogP contribution is -2.11. The molecular formula is C19H19BrO6. The third kappa shape index (κ3) is 5.57. The summed E-state index contributed by atoms with van der Waals surface area (Å²) in [7, 11) is 1.52. The Balaban J connectivity index is 2.06. The van der Waals surface area contributed by atoms with Crippen molar-refractivity contribution in [2.24, 2.45) is 0 Å². The standard InChI is InChI=1S/C19H19BrO6/c1-3-24-17-8-7-14(12-16(17)20)19(22)26-15-6-4-5-13(11-15)18(21)25-10-9-23-2/h4-8,11-12H,3,9-10H2,1-2H3. The van der Waals surface area contributed by atoms with Gasteiger partial charge in [0, 0.05) is 7.11 Å². The van der Waals surface area contributed by atoms with Crippen LogP contribution in [0.3, 0.4) is 0 Å². The number of rotatable bonds is 8. The predicted octanol–water partition coefficient (Wildman–Crippen LogP) is 3.87. The molecule has 2 aromatic carbocycles. The second-order valence-corrected chi connectivity index (χ2v) is 5.98. The maximum absolute atomic E-state index is 12.3. The van der Waals surface area contributed by atoms with E-state index in [4.69, 9.17) is 18.9 Å². The summed E-state index contributed by atoms with van der Waals surface area (Å²) >= 11 is 3.36. The van der Waals surface area contributed by atoms with Crippen molar-refractivity contribution in [1.29, 1.82) is 0 Å². The number of hydrogen-bond acceptors (Lipinski definition) is 6. The van der Waals surface area contributed by atoms with E-state index in [0.717, 1.165) is 0 Å². The van der Waals surface area contributed by atoms with E-state index >= 15 is 0 Å². The van der Waals surface area contributed by atoms with Crippen LogP contribution in [0.5, 0.6) is 11.5 Å². The van der Waals surface area contributed by atoms with Crippen LogP contribution < -0.4 is 9.47 Å². The number of esters is 2. The predicted molar refractivity (Wildman–Crippen MR) is 98.9 cm³/mol. The van der Waals surface area contributed by atoms with Crippen LogP contribution in [0.25, 0.3) is 0 Å². The molecule has 0 atom stereocenters. The molecule has 0 unspecified atom stereocenters. The number of benzene rings is 2. The van der Waals surface area contributed by atoms with Gasteiger partial charge in [-0.2, -0.15) is 0 Å². The molecule has 0 radical (unpaired) electrons. The van der Waals surface area contributed by atoms with Gasteiger partial charge in [-0.25, -0.2) is 9.59 Å². The van der Waals surface area contributed by atoms with Crippen molar-refractivity contribution < 1.29 is 28.5 Å². The highest BCUT2D eigenvalue weighted by molar-refractivity contribution is 9.10. The van der Waals surface area contributed by atoms with Crippen molar-refractivity contribution >= 4 is 27.9 Å². The van der Waals surface area contributed by atoms with E-state index in [2.05, 4.69) is 15.9 Å². The fraction of sp³-hybridized carbons (Fsp3) is 0.263. The van der Waals surface area contributed by atoms with Gasteiger partial charge in [0.15, 0.2) is 0 Å². The first-order chi connectivity index (χ1) is 12.5. The summed E-state index contributed by atoms with van der Waals surface area (Å²) in [5.74, 6) is -0.159. The van der Waals surface area contributed by atoms with Crippen LogP contribution in [0.2, 0.25) is 0 Å². The highest BCUT2D eigenvalue weighted by Crippen LogP contribution is 2.26. The van der Waals surface area contributed by atoms with Gasteiger partial charge in [-0.05, 0) is 59.3 Å². The molecule has 2 rings (SSSR count). The van der Waals surface area contributed by atoms with Gasteiger partial charge in [-0.3, -0.25) is 0 Å². The van der Waals surface area contributed by atoms with E-state index in [1.54, 1.807) is 36.4 Å². The Kier molecular flexibility index (Phi) is 7.62. The molecule has 0 heterocycles. The van der Waals surface area contributed by atoms with Crippen molar-refractivity contribution in [3.05, 3.63) is 58.1 Å². The Morgan fingerprint density at radius 2 is 1.77 bits per heavy atom. The highest BCUT2D eigenvalue weighted by Gasteiger charge is 2.13. The van der Waals surface area contributed by atoms with Gasteiger partial charge in [0.05, 0.1) is 28.8 Å². The fourth-order valence-corrected chi connectivity index (χ4v) is 2.55. The first-order valence-corrected chi connectivity index (χ1v) is 8.75. The van der Waals surface area contributed by atoms with Gasteiger partial charge >= 0.3 is 11.9 Å². The minimum Gasteiger partial charge on any atom is -0.493 e. The zero-order valence-corrected chi connectivity index (χ0v) is 16.1. The molecule has 0 N–H and O–H groups in total. The third-order valence-electron chi connectivity index (χ3n) is 3.27. The summed E-state index contributed by atoms with van der Waals surface area (Å²) in [6.07, 6.45) is 0. The number of ether oxygens (including phenoxy) is 4. The minimum absolute atomic E-state index is 0.152. The lowest BCUT2D eigenvalue weighted by molar-refractivity contribution is 0.0387. The fourth-order valence-electron chi connectivity index (χ4n) is 2.05. The van der Waals surface area contributed by atoms with E-state index in [1.807, 2.05) is 6.92 Å². The highest BCUT2D eigenvalue weighted by atomic mass is 79.9. The number of carbonyl (C=O) groups is 2. The van der Waals surface area contributed by atoms with E-state index in [-0.39, 0.29) is 12.4 Å². The third-order valence-corrected chi connectivity index (χ3v) is 3.89. The van der Waals surface area contributed by atoms with Crippen molar-refractivity contribution in [1.82, 2.24) is 0 Å². The molecule has 26 heavy (non-hydrogen) atoms. The summed E-state index contributed by atoms with van der Waals surface area (Å²) < 4.78 is 21.3. The van der Waals surface area contributed by atoms with Crippen LogP contribution in [0.1, 0.15) is 27.6 Å². The minimum atomic E-state index is -0.543. The van der Waals surface area contributed by atoms with E-state index in [1.165, 1.54) is 13.2 Å². The first-order valence-electron chi connectivity index (χ1n) is 7.95. The maximum atomic E-state index is 12.3. The molecule has 2 aromatic rings. The van der Waals surface area contributed by atoms with Crippen LogP contribution in [0.4, 0.5) is 0 Å². The number of methoxy groups -OCH3 is 1. The van der Waals surface area contributed by atoms with E-state index in [0.29, 0.717) is 34.6 Å². The van der Waals surface area contributed by atoms with Crippen LogP contribution in [0.15, 0.2) is 46.9 Å². The van der Waals surface area contributed by atoms with E-state index < -0.39 is 11.9 Å². The Labute approximate surface area is 160 Å². The van der Waals surface area contributed by atoms with Gasteiger partial charge in [0.1, 0.15) is 18.1 Å². The quantitative estimate of drug-likeness (QED) is 0.365. The lowest BCUT2D eigenvalue weighted by Gasteiger charge is -2.09. The van der Waals surface area contributed by atoms with Gasteiger partial charge < -0.3 is 18.9 Å². The Morgan fingerprint density at radius 3 is 2.46 bits per heavy atom. The molecule has 0 amide bonds. The van der Waals surface area contributed by atoms with Crippen LogP contribution >= 0.6 is 15.9 Å². The Hall–Kier alpha value is -2.38. The molecule has 6 nitrogen and oxygen atoms in total. The summed E-state index contributed by atoms with van der Waals surface area (Å²) in [6, 6.07) is 11.2. The monoisotopic (exact) mass is 422 g/mol. The average molecular weight is 423 g/mol. The van der Waals surface area contributed by atoms with Crippen LogP contribution in [-0.4, -0.2) is 38.9 Å². The lowest BCUT2D eigenvalue weighted by atomic mass is 10.2. The van der Waals surface area contributed by atoms with Crippen molar-refractivity contribution in [3.8, 4) is 11.5 Å². The molecule has 0 saturated carbocycles.